The van der Waals surface area contributed by atoms with Gasteiger partial charge in [-0.15, -0.1) is 0 Å². The summed E-state index contributed by atoms with van der Waals surface area (Å²) < 4.78 is 0. The van der Waals surface area contributed by atoms with Crippen molar-refractivity contribution in [3.63, 3.8) is 0 Å². The predicted molar refractivity (Wildman–Crippen MR) is 57.2 cm³/mol. The molecule has 0 atom stereocenters. The van der Waals surface area contributed by atoms with Crippen LogP contribution in [0.1, 0.15) is 35.3 Å². The van der Waals surface area contributed by atoms with Gasteiger partial charge in [0.1, 0.15) is 6.29 Å². The van der Waals surface area contributed by atoms with Crippen LogP contribution in [-0.2, 0) is 10.2 Å². The number of carbonyl (C=O) groups excluding carboxylic acids is 1. The topological polar surface area (TPSA) is 54.4 Å². The van der Waals surface area contributed by atoms with Crippen LogP contribution in [0.4, 0.5) is 0 Å². The molecule has 0 amide bonds. The van der Waals surface area contributed by atoms with Gasteiger partial charge in [-0.25, -0.2) is 4.79 Å². The first-order valence-electron chi connectivity index (χ1n) is 4.69. The summed E-state index contributed by atoms with van der Waals surface area (Å²) in [4.78, 5) is 21.7. The molecule has 0 radical (unpaired) electrons. The molecule has 0 aliphatic rings. The molecule has 1 rings (SSSR count). The minimum atomic E-state index is -0.962. The molecule has 0 heterocycles. The number of carbonyl (C=O) groups is 2. The summed E-state index contributed by atoms with van der Waals surface area (Å²) in [5, 5.41) is 8.94. The van der Waals surface area contributed by atoms with Crippen LogP contribution in [0.5, 0.6) is 0 Å². The van der Waals surface area contributed by atoms with Crippen molar-refractivity contribution >= 4 is 12.3 Å². The van der Waals surface area contributed by atoms with Crippen LogP contribution in [0.15, 0.2) is 18.2 Å². The van der Waals surface area contributed by atoms with E-state index in [1.54, 1.807) is 39.0 Å². The quantitative estimate of drug-likeness (QED) is 0.771. The van der Waals surface area contributed by atoms with E-state index < -0.39 is 11.4 Å². The molecule has 0 aromatic heterocycles. The van der Waals surface area contributed by atoms with Crippen molar-refractivity contribution in [1.82, 2.24) is 0 Å². The van der Waals surface area contributed by atoms with Crippen molar-refractivity contribution in [2.45, 2.75) is 26.2 Å². The molecule has 1 N–H and O–H groups in total. The Bertz CT molecular complexity index is 405. The molecule has 0 saturated carbocycles. The second-order valence-corrected chi connectivity index (χ2v) is 4.17. The summed E-state index contributed by atoms with van der Waals surface area (Å²) >= 11 is 0. The van der Waals surface area contributed by atoms with Crippen LogP contribution in [0, 0.1) is 6.92 Å². The molecule has 15 heavy (non-hydrogen) atoms. The first-order chi connectivity index (χ1) is 6.88. The Morgan fingerprint density at radius 2 is 2.00 bits per heavy atom. The van der Waals surface area contributed by atoms with Crippen molar-refractivity contribution in [2.24, 2.45) is 0 Å². The Hall–Kier alpha value is -1.64. The van der Waals surface area contributed by atoms with E-state index in [4.69, 9.17) is 5.11 Å². The Morgan fingerprint density at radius 3 is 2.47 bits per heavy atom. The standard InChI is InChI=1S/C12H14O3/c1-8-4-5-9(12(2,3)7-13)6-10(8)11(14)15/h4-7H,1-3H3,(H,14,15). The van der Waals surface area contributed by atoms with Crippen LogP contribution < -0.4 is 0 Å². The fourth-order valence-corrected chi connectivity index (χ4v) is 1.32. The summed E-state index contributed by atoms with van der Waals surface area (Å²) in [5.41, 5.74) is 1.04. The van der Waals surface area contributed by atoms with Crippen LogP contribution in [0.2, 0.25) is 0 Å². The zero-order valence-electron chi connectivity index (χ0n) is 9.07. The van der Waals surface area contributed by atoms with Gasteiger partial charge < -0.3 is 9.90 Å². The number of carboxylic acids is 1. The Labute approximate surface area is 88.7 Å². The summed E-state index contributed by atoms with van der Waals surface area (Å²) in [6.07, 6.45) is 0.823. The van der Waals surface area contributed by atoms with Crippen molar-refractivity contribution in [2.75, 3.05) is 0 Å². The Morgan fingerprint density at radius 1 is 1.40 bits per heavy atom. The van der Waals surface area contributed by atoms with Gasteiger partial charge in [-0.3, -0.25) is 0 Å². The van der Waals surface area contributed by atoms with Crippen molar-refractivity contribution in [3.8, 4) is 0 Å². The highest BCUT2D eigenvalue weighted by Gasteiger charge is 2.21. The van der Waals surface area contributed by atoms with Gasteiger partial charge in [0, 0.05) is 5.41 Å². The predicted octanol–water partition coefficient (Wildman–Crippen LogP) is 2.17. The lowest BCUT2D eigenvalue weighted by atomic mass is 9.85. The molecule has 0 unspecified atom stereocenters. The van der Waals surface area contributed by atoms with Crippen molar-refractivity contribution < 1.29 is 14.7 Å². The monoisotopic (exact) mass is 206 g/mol. The van der Waals surface area contributed by atoms with E-state index >= 15 is 0 Å². The molecule has 80 valence electrons. The van der Waals surface area contributed by atoms with Gasteiger partial charge >= 0.3 is 5.97 Å². The minimum Gasteiger partial charge on any atom is -0.478 e. The molecule has 3 nitrogen and oxygen atoms in total. The van der Waals surface area contributed by atoms with Crippen LogP contribution >= 0.6 is 0 Å². The summed E-state index contributed by atoms with van der Waals surface area (Å²) in [5.74, 6) is -0.962. The summed E-state index contributed by atoms with van der Waals surface area (Å²) in [6, 6.07) is 5.08. The van der Waals surface area contributed by atoms with Gasteiger partial charge in [-0.2, -0.15) is 0 Å². The van der Waals surface area contributed by atoms with E-state index in [2.05, 4.69) is 0 Å². The summed E-state index contributed by atoms with van der Waals surface area (Å²) in [7, 11) is 0. The highest BCUT2D eigenvalue weighted by Crippen LogP contribution is 2.23. The number of aromatic carboxylic acids is 1. The van der Waals surface area contributed by atoms with Gasteiger partial charge in [-0.1, -0.05) is 12.1 Å². The number of aryl methyl sites for hydroxylation is 1. The SMILES string of the molecule is Cc1ccc(C(C)(C)C=O)cc1C(=O)O. The van der Waals surface area contributed by atoms with Gasteiger partial charge in [0.05, 0.1) is 5.56 Å². The lowest BCUT2D eigenvalue weighted by Crippen LogP contribution is -2.19. The number of aldehydes is 1. The maximum absolute atomic E-state index is 10.9. The number of hydrogen-bond acceptors (Lipinski definition) is 2. The zero-order valence-corrected chi connectivity index (χ0v) is 9.07. The average Bonchev–Trinajstić information content (AvgIpc) is 2.17. The van der Waals surface area contributed by atoms with Gasteiger partial charge in [-0.05, 0) is 38.0 Å². The second-order valence-electron chi connectivity index (χ2n) is 4.17. The van der Waals surface area contributed by atoms with Crippen molar-refractivity contribution in [1.29, 1.82) is 0 Å². The molecule has 3 heteroatoms. The Balaban J connectivity index is 3.30. The molecular formula is C12H14O3. The molecule has 1 aromatic rings. The normalized spacial score (nSPS) is 11.1. The van der Waals surface area contributed by atoms with Crippen LogP contribution in [-0.4, -0.2) is 17.4 Å². The smallest absolute Gasteiger partial charge is 0.335 e. The third kappa shape index (κ3) is 2.24. The first-order valence-corrected chi connectivity index (χ1v) is 4.69. The van der Waals surface area contributed by atoms with E-state index in [9.17, 15) is 9.59 Å². The molecule has 0 fully saturated rings. The van der Waals surface area contributed by atoms with E-state index in [0.29, 0.717) is 5.56 Å². The van der Waals surface area contributed by atoms with E-state index in [-0.39, 0.29) is 5.56 Å². The van der Waals surface area contributed by atoms with E-state index in [0.717, 1.165) is 11.8 Å². The Kier molecular flexibility index (Phi) is 2.93. The third-order valence-electron chi connectivity index (χ3n) is 2.51. The first kappa shape index (κ1) is 11.4. The maximum Gasteiger partial charge on any atom is 0.335 e. The molecule has 0 bridgehead atoms. The third-order valence-corrected chi connectivity index (χ3v) is 2.51. The molecule has 0 saturated heterocycles. The van der Waals surface area contributed by atoms with Gasteiger partial charge in [0.2, 0.25) is 0 Å². The number of hydrogen-bond donors (Lipinski definition) is 1. The van der Waals surface area contributed by atoms with E-state index in [1.807, 2.05) is 0 Å². The zero-order chi connectivity index (χ0) is 11.6. The molecule has 0 spiro atoms. The number of benzene rings is 1. The van der Waals surface area contributed by atoms with E-state index in [1.165, 1.54) is 0 Å². The highest BCUT2D eigenvalue weighted by atomic mass is 16.4. The summed E-state index contributed by atoms with van der Waals surface area (Å²) in [6.45, 7) is 5.26. The average molecular weight is 206 g/mol. The van der Waals surface area contributed by atoms with Gasteiger partial charge in [0.15, 0.2) is 0 Å². The highest BCUT2D eigenvalue weighted by molar-refractivity contribution is 5.90. The fraction of sp³-hybridized carbons (Fsp3) is 0.333. The minimum absolute atomic E-state index is 0.252. The molecular weight excluding hydrogens is 192 g/mol. The maximum atomic E-state index is 10.9. The molecule has 1 aromatic carbocycles. The van der Waals surface area contributed by atoms with Crippen LogP contribution in [0.25, 0.3) is 0 Å². The molecule has 0 aliphatic carbocycles. The lowest BCUT2D eigenvalue weighted by molar-refractivity contribution is -0.111. The lowest BCUT2D eigenvalue weighted by Gasteiger charge is -2.18. The number of rotatable bonds is 3. The largest absolute Gasteiger partial charge is 0.478 e. The molecule has 0 aliphatic heterocycles. The van der Waals surface area contributed by atoms with Gasteiger partial charge in [0.25, 0.3) is 0 Å². The number of carboxylic acid groups (broad SMARTS) is 1. The van der Waals surface area contributed by atoms with Crippen LogP contribution in [0.3, 0.4) is 0 Å². The van der Waals surface area contributed by atoms with Crippen molar-refractivity contribution in [3.05, 3.63) is 34.9 Å². The fourth-order valence-electron chi connectivity index (χ4n) is 1.32. The second kappa shape index (κ2) is 3.85.